The van der Waals surface area contributed by atoms with Gasteiger partial charge in [0.25, 0.3) is 0 Å². The summed E-state index contributed by atoms with van der Waals surface area (Å²) in [5.74, 6) is 0.786. The highest BCUT2D eigenvalue weighted by Crippen LogP contribution is 2.43. The van der Waals surface area contributed by atoms with Gasteiger partial charge in [-0.3, -0.25) is 9.69 Å². The lowest BCUT2D eigenvalue weighted by Crippen LogP contribution is -2.50. The van der Waals surface area contributed by atoms with Crippen molar-refractivity contribution < 1.29 is 9.53 Å². The summed E-state index contributed by atoms with van der Waals surface area (Å²) in [6.45, 7) is 3.54. The van der Waals surface area contributed by atoms with E-state index in [0.717, 1.165) is 5.56 Å². The summed E-state index contributed by atoms with van der Waals surface area (Å²) < 4.78 is 5.80. The largest absolute Gasteiger partial charge is 0.363 e. The monoisotopic (exact) mass is 312 g/mol. The Morgan fingerprint density at radius 3 is 2.83 bits per heavy atom. The Hall–Kier alpha value is -1.57. The third-order valence-corrected chi connectivity index (χ3v) is 6.04. The molecule has 0 aromatic heterocycles. The van der Waals surface area contributed by atoms with Gasteiger partial charge >= 0.3 is 0 Å². The number of rotatable bonds is 4. The molecule has 3 aliphatic rings. The van der Waals surface area contributed by atoms with Gasteiger partial charge in [0, 0.05) is 0 Å². The van der Waals surface area contributed by atoms with Crippen LogP contribution in [0, 0.1) is 18.1 Å². The molecule has 122 valence electrons. The SMILES string of the molecule is CN1CN(CC2OC2c2cc#ccc2)C(=O)C1(C)C1CCCC1. The number of likely N-dealkylation sites (N-methyl/N-ethyl adjacent to an activating group) is 1. The number of carbonyl (C=O) groups excluding carboxylic acids is 1. The Bertz CT molecular complexity index is 584. The van der Waals surface area contributed by atoms with E-state index in [0.29, 0.717) is 19.1 Å². The number of ether oxygens (including phenoxy) is 1. The van der Waals surface area contributed by atoms with E-state index in [1.807, 2.05) is 23.1 Å². The number of hydrogen-bond donors (Lipinski definition) is 0. The molecule has 1 aliphatic carbocycles. The van der Waals surface area contributed by atoms with Crippen LogP contribution in [0.4, 0.5) is 0 Å². The summed E-state index contributed by atoms with van der Waals surface area (Å²) in [6, 6.07) is 11.7. The third kappa shape index (κ3) is 2.43. The highest BCUT2D eigenvalue weighted by Gasteiger charge is 2.54. The first-order chi connectivity index (χ1) is 11.1. The zero-order valence-corrected chi connectivity index (χ0v) is 13.9. The minimum Gasteiger partial charge on any atom is -0.363 e. The summed E-state index contributed by atoms with van der Waals surface area (Å²) in [4.78, 5) is 17.3. The van der Waals surface area contributed by atoms with Gasteiger partial charge in [0.05, 0.1) is 13.2 Å². The Morgan fingerprint density at radius 2 is 2.13 bits per heavy atom. The number of amides is 1. The second kappa shape index (κ2) is 5.51. The molecule has 4 heteroatoms. The number of nitrogens with zero attached hydrogens (tertiary/aromatic N) is 2. The fourth-order valence-corrected chi connectivity index (χ4v) is 4.39. The van der Waals surface area contributed by atoms with E-state index >= 15 is 0 Å². The van der Waals surface area contributed by atoms with Crippen LogP contribution in [0.1, 0.15) is 44.3 Å². The summed E-state index contributed by atoms with van der Waals surface area (Å²) >= 11 is 0. The van der Waals surface area contributed by atoms with Crippen molar-refractivity contribution in [2.45, 2.75) is 50.4 Å². The van der Waals surface area contributed by atoms with E-state index in [-0.39, 0.29) is 23.7 Å². The molecule has 2 saturated heterocycles. The maximum absolute atomic E-state index is 13.0. The second-order valence-electron chi connectivity index (χ2n) is 7.36. The Balaban J connectivity index is 1.42. The number of hydrogen-bond acceptors (Lipinski definition) is 3. The molecule has 2 heterocycles. The van der Waals surface area contributed by atoms with E-state index in [1.54, 1.807) is 0 Å². The van der Waals surface area contributed by atoms with Crippen molar-refractivity contribution in [2.24, 2.45) is 5.92 Å². The van der Waals surface area contributed by atoms with Crippen molar-refractivity contribution in [3.63, 3.8) is 0 Å². The van der Waals surface area contributed by atoms with Gasteiger partial charge in [-0.25, -0.2) is 0 Å². The topological polar surface area (TPSA) is 36.1 Å². The summed E-state index contributed by atoms with van der Waals surface area (Å²) in [7, 11) is 2.09. The average Bonchev–Trinajstić information content (AvgIpc) is 3.03. The van der Waals surface area contributed by atoms with Crippen LogP contribution in [0.25, 0.3) is 0 Å². The zero-order valence-electron chi connectivity index (χ0n) is 13.9. The van der Waals surface area contributed by atoms with Gasteiger partial charge in [-0.05, 0) is 56.5 Å². The van der Waals surface area contributed by atoms with Gasteiger partial charge in [0.1, 0.15) is 17.7 Å². The van der Waals surface area contributed by atoms with Crippen LogP contribution in [-0.4, -0.2) is 47.6 Å². The van der Waals surface area contributed by atoms with Gasteiger partial charge < -0.3 is 9.64 Å². The third-order valence-electron chi connectivity index (χ3n) is 6.04. The first-order valence-corrected chi connectivity index (χ1v) is 8.64. The van der Waals surface area contributed by atoms with Crippen molar-refractivity contribution in [3.05, 3.63) is 35.9 Å². The maximum atomic E-state index is 13.0. The van der Waals surface area contributed by atoms with Crippen molar-refractivity contribution in [1.29, 1.82) is 0 Å². The van der Waals surface area contributed by atoms with E-state index in [9.17, 15) is 4.79 Å². The zero-order chi connectivity index (χ0) is 16.0. The Kier molecular flexibility index (Phi) is 3.59. The fraction of sp³-hybridized carbons (Fsp3) is 0.632. The van der Waals surface area contributed by atoms with Crippen LogP contribution in [-0.2, 0) is 9.53 Å². The van der Waals surface area contributed by atoms with Crippen LogP contribution >= 0.6 is 0 Å². The van der Waals surface area contributed by atoms with Crippen molar-refractivity contribution in [3.8, 4) is 0 Å². The predicted octanol–water partition coefficient (Wildman–Crippen LogP) is 2.41. The van der Waals surface area contributed by atoms with Crippen molar-refractivity contribution >= 4 is 5.91 Å². The van der Waals surface area contributed by atoms with Crippen LogP contribution in [0.3, 0.4) is 0 Å². The van der Waals surface area contributed by atoms with Crippen LogP contribution in [0.2, 0.25) is 0 Å². The molecule has 1 aromatic carbocycles. The minimum absolute atomic E-state index is 0.109. The minimum atomic E-state index is -0.323. The van der Waals surface area contributed by atoms with E-state index in [4.69, 9.17) is 4.74 Å². The van der Waals surface area contributed by atoms with Crippen molar-refractivity contribution in [2.75, 3.05) is 20.3 Å². The van der Waals surface area contributed by atoms with E-state index < -0.39 is 0 Å². The standard InChI is InChI=1S/C19H24N2O2/c1-19(15-10-6-7-11-15)18(22)21(13-20(19)2)12-16-17(23-16)14-8-4-3-5-9-14/h4,8-9,15-17H,6-7,10-13H2,1-2H3. The van der Waals surface area contributed by atoms with Crippen LogP contribution in [0.5, 0.6) is 0 Å². The van der Waals surface area contributed by atoms with Crippen molar-refractivity contribution in [1.82, 2.24) is 9.80 Å². The molecule has 23 heavy (non-hydrogen) atoms. The Labute approximate surface area is 138 Å². The molecular weight excluding hydrogens is 288 g/mol. The van der Waals surface area contributed by atoms with E-state index in [2.05, 4.69) is 31.0 Å². The number of epoxide rings is 1. The molecule has 3 fully saturated rings. The van der Waals surface area contributed by atoms with Gasteiger partial charge in [-0.1, -0.05) is 25.0 Å². The van der Waals surface area contributed by atoms with Gasteiger partial charge in [0.15, 0.2) is 0 Å². The van der Waals surface area contributed by atoms with Gasteiger partial charge in [0.2, 0.25) is 5.91 Å². The molecule has 1 aromatic rings. The summed E-state index contributed by atoms with van der Waals surface area (Å²) in [5, 5.41) is 0. The molecule has 1 amide bonds. The van der Waals surface area contributed by atoms with Gasteiger partial charge in [-0.2, -0.15) is 0 Å². The Morgan fingerprint density at radius 1 is 1.35 bits per heavy atom. The molecule has 0 spiro atoms. The predicted molar refractivity (Wildman–Crippen MR) is 86.4 cm³/mol. The molecule has 0 bridgehead atoms. The smallest absolute Gasteiger partial charge is 0.244 e. The molecule has 2 aliphatic heterocycles. The lowest BCUT2D eigenvalue weighted by atomic mass is 9.83. The highest BCUT2D eigenvalue weighted by atomic mass is 16.6. The molecule has 0 N–H and O–H groups in total. The molecule has 4 rings (SSSR count). The quantitative estimate of drug-likeness (QED) is 0.801. The van der Waals surface area contributed by atoms with Crippen LogP contribution < -0.4 is 0 Å². The molecular formula is C19H24N2O2. The maximum Gasteiger partial charge on any atom is 0.244 e. The molecule has 3 unspecified atom stereocenters. The number of carbonyl (C=O) groups is 1. The molecule has 4 nitrogen and oxygen atoms in total. The second-order valence-corrected chi connectivity index (χ2v) is 7.36. The normalized spacial score (nSPS) is 34.9. The molecule has 3 atom stereocenters. The molecule has 0 radical (unpaired) electrons. The molecule has 1 saturated carbocycles. The first-order valence-electron chi connectivity index (χ1n) is 8.64. The van der Waals surface area contributed by atoms with Crippen LogP contribution in [0.15, 0.2) is 18.2 Å². The first kappa shape index (κ1) is 15.0. The summed E-state index contributed by atoms with van der Waals surface area (Å²) in [5.41, 5.74) is 0.809. The summed E-state index contributed by atoms with van der Waals surface area (Å²) in [6.07, 6.45) is 5.11. The fourth-order valence-electron chi connectivity index (χ4n) is 4.39. The van der Waals surface area contributed by atoms with Gasteiger partial charge in [-0.15, -0.1) is 0 Å². The lowest BCUT2D eigenvalue weighted by Gasteiger charge is -2.34. The lowest BCUT2D eigenvalue weighted by molar-refractivity contribution is -0.135. The van der Waals surface area contributed by atoms with E-state index in [1.165, 1.54) is 25.7 Å². The average molecular weight is 312 g/mol. The highest BCUT2D eigenvalue weighted by molar-refractivity contribution is 5.88.